The maximum atomic E-state index is 14.2. The third-order valence-corrected chi connectivity index (χ3v) is 11.0. The highest BCUT2D eigenvalue weighted by atomic mass is 35.5. The number of carbonyl (C=O) groups excluding carboxylic acids is 4. The zero-order valence-corrected chi connectivity index (χ0v) is 32.8. The van der Waals surface area contributed by atoms with E-state index in [-0.39, 0.29) is 29.6 Å². The van der Waals surface area contributed by atoms with Crippen molar-refractivity contribution in [3.05, 3.63) is 52.1 Å². The molecule has 2 aromatic rings. The summed E-state index contributed by atoms with van der Waals surface area (Å²) in [7, 11) is 0. The monoisotopic (exact) mass is 737 g/mol. The van der Waals surface area contributed by atoms with Gasteiger partial charge < -0.3 is 29.7 Å². The van der Waals surface area contributed by atoms with Crippen molar-refractivity contribution in [3.63, 3.8) is 0 Å². The molecule has 3 aliphatic rings. The second-order valence-electron chi connectivity index (χ2n) is 16.2. The van der Waals surface area contributed by atoms with Gasteiger partial charge in [-0.15, -0.1) is 0 Å². The first-order chi connectivity index (χ1) is 24.5. The van der Waals surface area contributed by atoms with E-state index < -0.39 is 17.7 Å². The summed E-state index contributed by atoms with van der Waals surface area (Å²) in [5.41, 5.74) is 3.12. The van der Waals surface area contributed by atoms with Gasteiger partial charge in [0, 0.05) is 62.4 Å². The summed E-state index contributed by atoms with van der Waals surface area (Å²) in [6, 6.07) is 5.06. The first-order valence-electron chi connectivity index (χ1n) is 18.7. The van der Waals surface area contributed by atoms with Crippen molar-refractivity contribution in [2.24, 2.45) is 23.7 Å². The molecular weight excluding hydrogens is 682 g/mol. The van der Waals surface area contributed by atoms with E-state index in [4.69, 9.17) is 16.3 Å². The fourth-order valence-corrected chi connectivity index (χ4v) is 7.95. The van der Waals surface area contributed by atoms with Crippen LogP contribution in [0.5, 0.6) is 0 Å². The van der Waals surface area contributed by atoms with Gasteiger partial charge in [-0.05, 0) is 103 Å². The number of benzene rings is 1. The topological polar surface area (TPSA) is 128 Å². The van der Waals surface area contributed by atoms with Crippen molar-refractivity contribution in [2.45, 2.75) is 86.3 Å². The number of aryl methyl sites for hydroxylation is 3. The minimum Gasteiger partial charge on any atom is -0.444 e. The van der Waals surface area contributed by atoms with Crippen LogP contribution in [0, 0.1) is 44.4 Å². The molecule has 1 N–H and O–H groups in total. The van der Waals surface area contributed by atoms with Crippen molar-refractivity contribution >= 4 is 41.1 Å². The number of likely N-dealkylation sites (tertiary alicyclic amines) is 3. The molecule has 3 atom stereocenters. The number of nitrogens with zero attached hydrogens (tertiary/aromatic N) is 6. The normalized spacial score (nSPS) is 20.2. The number of aromatic nitrogens is 2. The molecule has 52 heavy (non-hydrogen) atoms. The quantitative estimate of drug-likeness (QED) is 0.350. The molecule has 5 rings (SSSR count). The number of amides is 4. The molecule has 3 unspecified atom stereocenters. The second kappa shape index (κ2) is 16.5. The Morgan fingerprint density at radius 3 is 2.13 bits per heavy atom. The Hall–Kier alpha value is -3.77. The number of carbonyl (C=O) groups is 4. The van der Waals surface area contributed by atoms with Crippen molar-refractivity contribution in [1.29, 1.82) is 0 Å². The smallest absolute Gasteiger partial charge is 0.408 e. The molecule has 3 saturated heterocycles. The summed E-state index contributed by atoms with van der Waals surface area (Å²) < 4.78 is 5.41. The van der Waals surface area contributed by atoms with Gasteiger partial charge in [-0.25, -0.2) is 14.8 Å². The van der Waals surface area contributed by atoms with Crippen LogP contribution >= 0.6 is 11.6 Å². The number of anilines is 1. The lowest BCUT2D eigenvalue weighted by molar-refractivity contribution is -0.137. The Morgan fingerprint density at radius 1 is 0.962 bits per heavy atom. The maximum Gasteiger partial charge on any atom is 0.408 e. The third-order valence-electron chi connectivity index (χ3n) is 10.6. The molecule has 1 aromatic heterocycles. The lowest BCUT2D eigenvalue weighted by Crippen LogP contribution is -2.54. The second-order valence-corrected chi connectivity index (χ2v) is 16.6. The largest absolute Gasteiger partial charge is 0.444 e. The molecule has 0 radical (unpaired) electrons. The molecule has 3 fully saturated rings. The fraction of sp³-hybridized carbons (Fsp3) is 0.641. The number of halogens is 1. The van der Waals surface area contributed by atoms with Gasteiger partial charge in [0.05, 0.1) is 17.0 Å². The summed E-state index contributed by atoms with van der Waals surface area (Å²) in [5, 5.41) is 3.38. The van der Waals surface area contributed by atoms with E-state index in [0.717, 1.165) is 61.8 Å². The zero-order chi connectivity index (χ0) is 37.9. The van der Waals surface area contributed by atoms with Crippen molar-refractivity contribution in [1.82, 2.24) is 30.0 Å². The Bertz CT molecular complexity index is 1600. The molecule has 4 amide bonds. The summed E-state index contributed by atoms with van der Waals surface area (Å²) in [5.74, 6) is 0.386. The summed E-state index contributed by atoms with van der Waals surface area (Å²) in [6.45, 7) is 20.4. The van der Waals surface area contributed by atoms with E-state index in [1.165, 1.54) is 6.33 Å². The molecule has 0 bridgehead atoms. The van der Waals surface area contributed by atoms with Gasteiger partial charge in [-0.2, -0.15) is 0 Å². The first kappa shape index (κ1) is 39.4. The van der Waals surface area contributed by atoms with Crippen molar-refractivity contribution < 1.29 is 23.9 Å². The van der Waals surface area contributed by atoms with Gasteiger partial charge in [0.15, 0.2) is 0 Å². The lowest BCUT2D eigenvalue weighted by atomic mass is 9.93. The first-order valence-corrected chi connectivity index (χ1v) is 19.1. The van der Waals surface area contributed by atoms with Crippen LogP contribution in [-0.2, 0) is 14.3 Å². The Morgan fingerprint density at radius 2 is 1.58 bits per heavy atom. The number of alkyl carbamates (subject to hydrolysis) is 1. The van der Waals surface area contributed by atoms with E-state index in [2.05, 4.69) is 20.2 Å². The van der Waals surface area contributed by atoms with E-state index in [1.54, 1.807) is 25.7 Å². The molecule has 0 spiro atoms. The Labute approximate surface area is 313 Å². The summed E-state index contributed by atoms with van der Waals surface area (Å²) in [4.78, 5) is 70.1. The van der Waals surface area contributed by atoms with Gasteiger partial charge >= 0.3 is 6.09 Å². The van der Waals surface area contributed by atoms with E-state index in [9.17, 15) is 19.2 Å². The third kappa shape index (κ3) is 9.41. The van der Waals surface area contributed by atoms with Gasteiger partial charge in [0.1, 0.15) is 18.0 Å². The summed E-state index contributed by atoms with van der Waals surface area (Å²) >= 11 is 6.55. The molecule has 3 aliphatic heterocycles. The van der Waals surface area contributed by atoms with Crippen LogP contribution in [0.4, 0.5) is 10.5 Å². The number of rotatable bonds is 10. The van der Waals surface area contributed by atoms with Crippen LogP contribution in [0.2, 0.25) is 5.02 Å². The highest BCUT2D eigenvalue weighted by molar-refractivity contribution is 6.31. The number of nitrogens with one attached hydrogen (secondary N) is 1. The van der Waals surface area contributed by atoms with Gasteiger partial charge in [0.25, 0.3) is 5.91 Å². The van der Waals surface area contributed by atoms with Crippen LogP contribution in [0.15, 0.2) is 24.5 Å². The predicted molar refractivity (Wildman–Crippen MR) is 201 cm³/mol. The molecule has 1 aromatic carbocycles. The van der Waals surface area contributed by atoms with E-state index >= 15 is 0 Å². The highest BCUT2D eigenvalue weighted by Gasteiger charge is 2.42. The van der Waals surface area contributed by atoms with Crippen LogP contribution in [0.3, 0.4) is 0 Å². The van der Waals surface area contributed by atoms with Gasteiger partial charge in [-0.1, -0.05) is 31.5 Å². The molecular formula is C39H56ClN7O5. The average Bonchev–Trinajstić information content (AvgIpc) is 3.65. The molecule has 0 saturated carbocycles. The zero-order valence-electron chi connectivity index (χ0n) is 32.1. The number of hydrogen-bond donors (Lipinski definition) is 1. The molecule has 12 nitrogen and oxygen atoms in total. The maximum absolute atomic E-state index is 14.2. The Kier molecular flexibility index (Phi) is 12.5. The lowest BCUT2D eigenvalue weighted by Gasteiger charge is -2.37. The Balaban J connectivity index is 1.16. The van der Waals surface area contributed by atoms with Crippen LogP contribution < -0.4 is 10.2 Å². The van der Waals surface area contributed by atoms with Crippen LogP contribution in [0.25, 0.3) is 0 Å². The standard InChI is InChI=1S/C39H56ClN7O5/c1-24(2)34(43-38(51)52-39(6,7)8)37(50)45-16-12-28(13-17-45)35(48)47(31-11-10-25(3)32(40)18-31)15-9-14-44-19-29-21-46(22-30(29)20-44)36(49)33-26(4)41-23-42-27(33)5/h10-11,18,23-24,28-30,34H,9,12-17,19-22H2,1-8H3,(H,43,51). The van der Waals surface area contributed by atoms with Gasteiger partial charge in [0.2, 0.25) is 11.8 Å². The number of piperidine rings is 1. The molecule has 13 heteroatoms. The highest BCUT2D eigenvalue weighted by Crippen LogP contribution is 2.33. The van der Waals surface area contributed by atoms with Crippen LogP contribution in [0.1, 0.15) is 81.2 Å². The van der Waals surface area contributed by atoms with Crippen molar-refractivity contribution in [2.75, 3.05) is 57.3 Å². The summed E-state index contributed by atoms with van der Waals surface area (Å²) in [6.07, 6.45) is 2.76. The number of hydrogen-bond acceptors (Lipinski definition) is 8. The number of ether oxygens (including phenoxy) is 1. The minimum absolute atomic E-state index is 0.0230. The van der Waals surface area contributed by atoms with Crippen molar-refractivity contribution in [3.8, 4) is 0 Å². The minimum atomic E-state index is -0.714. The van der Waals surface area contributed by atoms with Gasteiger partial charge in [-0.3, -0.25) is 14.4 Å². The predicted octanol–water partition coefficient (Wildman–Crippen LogP) is 5.27. The van der Waals surface area contributed by atoms with E-state index in [0.29, 0.717) is 54.9 Å². The molecule has 284 valence electrons. The average molecular weight is 738 g/mol. The number of fused-ring (bicyclic) bond motifs is 1. The SMILES string of the molecule is Cc1ccc(N(CCCN2CC3CN(C(=O)c4c(C)ncnc4C)CC3C2)C(=O)C2CCN(C(=O)C(NC(=O)OC(C)(C)C)C(C)C)CC2)cc1Cl. The van der Waals surface area contributed by atoms with Crippen LogP contribution in [-0.4, -0.2) is 112 Å². The molecule has 0 aliphatic carbocycles. The fourth-order valence-electron chi connectivity index (χ4n) is 7.78. The van der Waals surface area contributed by atoms with E-state index in [1.807, 2.05) is 62.6 Å². The molecule has 4 heterocycles.